The normalized spacial score (nSPS) is 29.1. The van der Waals surface area contributed by atoms with E-state index in [9.17, 15) is 4.39 Å². The molecule has 1 aliphatic rings. The Balaban J connectivity index is 2.07. The fourth-order valence-electron chi connectivity index (χ4n) is 2.59. The van der Waals surface area contributed by atoms with Crippen LogP contribution in [0.1, 0.15) is 33.1 Å². The van der Waals surface area contributed by atoms with Crippen molar-refractivity contribution in [2.75, 3.05) is 5.32 Å². The number of hydrogen-bond acceptors (Lipinski definition) is 1. The van der Waals surface area contributed by atoms with E-state index in [1.165, 1.54) is 19.3 Å². The van der Waals surface area contributed by atoms with Crippen LogP contribution in [0.2, 0.25) is 0 Å². The van der Waals surface area contributed by atoms with Crippen molar-refractivity contribution >= 4 is 21.6 Å². The Hall–Kier alpha value is -0.570. The summed E-state index contributed by atoms with van der Waals surface area (Å²) in [4.78, 5) is 0. The third-order valence-corrected chi connectivity index (χ3v) is 4.62. The molecule has 0 aromatic heterocycles. The molecular formula is C14H19BrFN. The fourth-order valence-corrected chi connectivity index (χ4v) is 2.83. The molecule has 1 aliphatic carbocycles. The molecule has 1 fully saturated rings. The molecule has 1 saturated carbocycles. The van der Waals surface area contributed by atoms with E-state index in [1.807, 2.05) is 6.07 Å². The molecule has 17 heavy (non-hydrogen) atoms. The first kappa shape index (κ1) is 12.9. The van der Waals surface area contributed by atoms with Crippen molar-refractivity contribution < 1.29 is 4.39 Å². The Labute approximate surface area is 111 Å². The molecule has 0 bridgehead atoms. The number of benzene rings is 1. The fraction of sp³-hybridized carbons (Fsp3) is 0.571. The van der Waals surface area contributed by atoms with Gasteiger partial charge in [-0.1, -0.05) is 26.7 Å². The monoisotopic (exact) mass is 299 g/mol. The van der Waals surface area contributed by atoms with Gasteiger partial charge in [-0.25, -0.2) is 4.39 Å². The van der Waals surface area contributed by atoms with Gasteiger partial charge < -0.3 is 5.32 Å². The molecule has 3 atom stereocenters. The minimum Gasteiger partial charge on any atom is -0.382 e. The first-order valence-corrected chi connectivity index (χ1v) is 7.09. The van der Waals surface area contributed by atoms with Crippen LogP contribution in [0, 0.1) is 17.7 Å². The summed E-state index contributed by atoms with van der Waals surface area (Å²) >= 11 is 3.17. The van der Waals surface area contributed by atoms with Gasteiger partial charge >= 0.3 is 0 Å². The van der Waals surface area contributed by atoms with Crippen LogP contribution in [0.4, 0.5) is 10.1 Å². The van der Waals surface area contributed by atoms with Gasteiger partial charge in [-0.05, 0) is 52.4 Å². The zero-order chi connectivity index (χ0) is 12.4. The van der Waals surface area contributed by atoms with Gasteiger partial charge in [0, 0.05) is 11.7 Å². The highest BCUT2D eigenvalue weighted by molar-refractivity contribution is 9.10. The molecule has 1 aromatic carbocycles. The Morgan fingerprint density at radius 3 is 2.76 bits per heavy atom. The van der Waals surface area contributed by atoms with Crippen molar-refractivity contribution in [2.45, 2.75) is 39.2 Å². The van der Waals surface area contributed by atoms with Gasteiger partial charge in [-0.2, -0.15) is 0 Å². The molecule has 2 rings (SSSR count). The Morgan fingerprint density at radius 2 is 2.06 bits per heavy atom. The van der Waals surface area contributed by atoms with E-state index in [1.54, 1.807) is 12.1 Å². The van der Waals surface area contributed by atoms with Gasteiger partial charge in [-0.15, -0.1) is 0 Å². The number of rotatable bonds is 2. The summed E-state index contributed by atoms with van der Waals surface area (Å²) in [5.74, 6) is 1.20. The standard InChI is InChI=1S/C14H19BrFN/c1-9-4-3-5-14(10(9)2)17-11-6-7-12(15)13(16)8-11/h6-10,14,17H,3-5H2,1-2H3. The van der Waals surface area contributed by atoms with Crippen LogP contribution in [0.5, 0.6) is 0 Å². The van der Waals surface area contributed by atoms with Gasteiger partial charge in [0.05, 0.1) is 4.47 Å². The van der Waals surface area contributed by atoms with E-state index in [4.69, 9.17) is 0 Å². The van der Waals surface area contributed by atoms with Crippen molar-refractivity contribution in [1.82, 2.24) is 0 Å². The van der Waals surface area contributed by atoms with Crippen LogP contribution < -0.4 is 5.32 Å². The summed E-state index contributed by atoms with van der Waals surface area (Å²) in [5.41, 5.74) is 0.886. The second-order valence-corrected chi connectivity index (χ2v) is 6.00. The molecule has 94 valence electrons. The Morgan fingerprint density at radius 1 is 1.29 bits per heavy atom. The third-order valence-electron chi connectivity index (χ3n) is 3.98. The van der Waals surface area contributed by atoms with Gasteiger partial charge in [0.1, 0.15) is 5.82 Å². The molecule has 0 radical (unpaired) electrons. The summed E-state index contributed by atoms with van der Waals surface area (Å²) in [5, 5.41) is 3.47. The smallest absolute Gasteiger partial charge is 0.139 e. The topological polar surface area (TPSA) is 12.0 Å². The molecule has 0 spiro atoms. The van der Waals surface area contributed by atoms with E-state index in [0.29, 0.717) is 16.4 Å². The van der Waals surface area contributed by atoms with Crippen LogP contribution in [-0.2, 0) is 0 Å². The highest BCUT2D eigenvalue weighted by atomic mass is 79.9. The maximum absolute atomic E-state index is 13.4. The highest BCUT2D eigenvalue weighted by Gasteiger charge is 2.26. The molecule has 0 heterocycles. The molecule has 0 aliphatic heterocycles. The van der Waals surface area contributed by atoms with Crippen LogP contribution in [0.15, 0.2) is 22.7 Å². The lowest BCUT2D eigenvalue weighted by molar-refractivity contribution is 0.253. The molecule has 1 nitrogen and oxygen atoms in total. The van der Waals surface area contributed by atoms with E-state index < -0.39 is 0 Å². The van der Waals surface area contributed by atoms with Crippen molar-refractivity contribution in [3.05, 3.63) is 28.5 Å². The lowest BCUT2D eigenvalue weighted by atomic mass is 9.78. The largest absolute Gasteiger partial charge is 0.382 e. The van der Waals surface area contributed by atoms with Crippen molar-refractivity contribution in [1.29, 1.82) is 0 Å². The molecule has 1 aromatic rings. The Kier molecular flexibility index (Phi) is 4.08. The molecule has 3 heteroatoms. The van der Waals surface area contributed by atoms with Gasteiger partial charge in [0.2, 0.25) is 0 Å². The maximum atomic E-state index is 13.4. The molecule has 0 saturated heterocycles. The molecule has 0 amide bonds. The second-order valence-electron chi connectivity index (χ2n) is 5.15. The summed E-state index contributed by atoms with van der Waals surface area (Å²) in [6.07, 6.45) is 3.76. The number of anilines is 1. The van der Waals surface area contributed by atoms with Gasteiger partial charge in [-0.3, -0.25) is 0 Å². The zero-order valence-corrected chi connectivity index (χ0v) is 11.9. The highest BCUT2D eigenvalue weighted by Crippen LogP contribution is 2.32. The Bertz CT molecular complexity index is 394. The quantitative estimate of drug-likeness (QED) is 0.825. The first-order chi connectivity index (χ1) is 8.08. The van der Waals surface area contributed by atoms with Crippen LogP contribution in [0.25, 0.3) is 0 Å². The predicted molar refractivity (Wildman–Crippen MR) is 73.7 cm³/mol. The van der Waals surface area contributed by atoms with Crippen LogP contribution in [-0.4, -0.2) is 6.04 Å². The van der Waals surface area contributed by atoms with E-state index in [-0.39, 0.29) is 5.82 Å². The summed E-state index contributed by atoms with van der Waals surface area (Å²) in [6.45, 7) is 4.59. The van der Waals surface area contributed by atoms with Crippen molar-refractivity contribution in [3.63, 3.8) is 0 Å². The SMILES string of the molecule is CC1CCCC(Nc2ccc(Br)c(F)c2)C1C. The molecular weight excluding hydrogens is 281 g/mol. The molecule has 3 unspecified atom stereocenters. The summed E-state index contributed by atoms with van der Waals surface area (Å²) in [7, 11) is 0. The predicted octanol–water partition coefficient (Wildman–Crippen LogP) is 4.82. The average molecular weight is 300 g/mol. The first-order valence-electron chi connectivity index (χ1n) is 6.29. The summed E-state index contributed by atoms with van der Waals surface area (Å²) in [6, 6.07) is 5.73. The van der Waals surface area contributed by atoms with E-state index in [0.717, 1.165) is 11.6 Å². The maximum Gasteiger partial charge on any atom is 0.139 e. The van der Waals surface area contributed by atoms with Crippen LogP contribution in [0.3, 0.4) is 0 Å². The van der Waals surface area contributed by atoms with Gasteiger partial charge in [0.15, 0.2) is 0 Å². The lowest BCUT2D eigenvalue weighted by Crippen LogP contribution is -2.35. The van der Waals surface area contributed by atoms with Crippen molar-refractivity contribution in [3.8, 4) is 0 Å². The van der Waals surface area contributed by atoms with E-state index >= 15 is 0 Å². The van der Waals surface area contributed by atoms with Crippen molar-refractivity contribution in [2.24, 2.45) is 11.8 Å². The zero-order valence-electron chi connectivity index (χ0n) is 10.3. The van der Waals surface area contributed by atoms with E-state index in [2.05, 4.69) is 35.1 Å². The minimum absolute atomic E-state index is 0.202. The lowest BCUT2D eigenvalue weighted by Gasteiger charge is -2.35. The minimum atomic E-state index is -0.202. The number of nitrogens with one attached hydrogen (secondary N) is 1. The summed E-state index contributed by atoms with van der Waals surface area (Å²) < 4.78 is 13.9. The third kappa shape index (κ3) is 3.01. The van der Waals surface area contributed by atoms with Gasteiger partial charge in [0.25, 0.3) is 0 Å². The second kappa shape index (κ2) is 5.38. The number of halogens is 2. The molecule has 1 N–H and O–H groups in total. The number of hydrogen-bond donors (Lipinski definition) is 1. The van der Waals surface area contributed by atoms with Crippen LogP contribution >= 0.6 is 15.9 Å². The average Bonchev–Trinajstić information content (AvgIpc) is 2.30.